The highest BCUT2D eigenvalue weighted by Gasteiger charge is 2.45. The molecule has 0 N–H and O–H groups in total. The molecule has 0 radical (unpaired) electrons. The molecule has 1 spiro atoms. The summed E-state index contributed by atoms with van der Waals surface area (Å²) in [7, 11) is 2.27. The largest absolute Gasteiger partial charge is 0.381 e. The Kier molecular flexibility index (Phi) is 3.87. The van der Waals surface area contributed by atoms with Crippen LogP contribution >= 0.6 is 0 Å². The molecule has 2 heterocycles. The molecular weight excluding hydrogens is 242 g/mol. The predicted octanol–water partition coefficient (Wildman–Crippen LogP) is 2.03. The SMILES string of the molecule is CN(CC1CCOC1)C1(C)CCC2(CC1)OCCO2. The molecule has 2 aliphatic heterocycles. The predicted molar refractivity (Wildman–Crippen MR) is 73.1 cm³/mol. The summed E-state index contributed by atoms with van der Waals surface area (Å²) in [6.07, 6.45) is 5.62. The van der Waals surface area contributed by atoms with Crippen LogP contribution in [0.25, 0.3) is 0 Å². The monoisotopic (exact) mass is 269 g/mol. The van der Waals surface area contributed by atoms with Crippen molar-refractivity contribution in [2.45, 2.75) is 50.4 Å². The van der Waals surface area contributed by atoms with Crippen molar-refractivity contribution in [3.63, 3.8) is 0 Å². The minimum atomic E-state index is -0.239. The number of nitrogens with zero attached hydrogens (tertiary/aromatic N) is 1. The first-order valence-corrected chi connectivity index (χ1v) is 7.69. The minimum Gasteiger partial charge on any atom is -0.381 e. The van der Waals surface area contributed by atoms with Gasteiger partial charge in [-0.25, -0.2) is 0 Å². The van der Waals surface area contributed by atoms with E-state index in [0.29, 0.717) is 5.54 Å². The molecular formula is C15H27NO3. The Hall–Kier alpha value is -0.160. The molecule has 110 valence electrons. The number of hydrogen-bond donors (Lipinski definition) is 0. The van der Waals surface area contributed by atoms with Gasteiger partial charge in [0.2, 0.25) is 0 Å². The molecule has 3 rings (SSSR count). The maximum absolute atomic E-state index is 5.83. The lowest BCUT2D eigenvalue weighted by atomic mass is 9.78. The van der Waals surface area contributed by atoms with Gasteiger partial charge in [0.15, 0.2) is 5.79 Å². The fraction of sp³-hybridized carbons (Fsp3) is 1.00. The summed E-state index contributed by atoms with van der Waals surface area (Å²) in [4.78, 5) is 2.55. The zero-order valence-electron chi connectivity index (χ0n) is 12.3. The summed E-state index contributed by atoms with van der Waals surface area (Å²) in [5.74, 6) is 0.480. The van der Waals surface area contributed by atoms with Crippen LogP contribution in [0.3, 0.4) is 0 Å². The summed E-state index contributed by atoms with van der Waals surface area (Å²) >= 11 is 0. The Labute approximate surface area is 116 Å². The van der Waals surface area contributed by atoms with Crippen molar-refractivity contribution in [1.29, 1.82) is 0 Å². The van der Waals surface area contributed by atoms with Gasteiger partial charge >= 0.3 is 0 Å². The topological polar surface area (TPSA) is 30.9 Å². The van der Waals surface area contributed by atoms with Crippen LogP contribution < -0.4 is 0 Å². The van der Waals surface area contributed by atoms with E-state index < -0.39 is 0 Å². The molecule has 19 heavy (non-hydrogen) atoms. The lowest BCUT2D eigenvalue weighted by Gasteiger charge is -2.47. The fourth-order valence-corrected chi connectivity index (χ4v) is 3.67. The maximum atomic E-state index is 5.83. The van der Waals surface area contributed by atoms with Gasteiger partial charge in [-0.05, 0) is 39.2 Å². The quantitative estimate of drug-likeness (QED) is 0.784. The van der Waals surface area contributed by atoms with E-state index in [-0.39, 0.29) is 5.79 Å². The van der Waals surface area contributed by atoms with Gasteiger partial charge in [0.1, 0.15) is 0 Å². The first-order valence-electron chi connectivity index (χ1n) is 7.69. The number of ether oxygens (including phenoxy) is 3. The molecule has 4 nitrogen and oxygen atoms in total. The molecule has 0 amide bonds. The van der Waals surface area contributed by atoms with Crippen LogP contribution in [0.4, 0.5) is 0 Å². The molecule has 1 aliphatic carbocycles. The van der Waals surface area contributed by atoms with Crippen LogP contribution in [0.1, 0.15) is 39.0 Å². The average molecular weight is 269 g/mol. The van der Waals surface area contributed by atoms with Gasteiger partial charge in [0.25, 0.3) is 0 Å². The van der Waals surface area contributed by atoms with Crippen LogP contribution in [0.15, 0.2) is 0 Å². The molecule has 0 bridgehead atoms. The highest BCUT2D eigenvalue weighted by molar-refractivity contribution is 4.95. The lowest BCUT2D eigenvalue weighted by molar-refractivity contribution is -0.192. The van der Waals surface area contributed by atoms with E-state index >= 15 is 0 Å². The minimum absolute atomic E-state index is 0.239. The zero-order valence-corrected chi connectivity index (χ0v) is 12.3. The van der Waals surface area contributed by atoms with Gasteiger partial charge in [-0.2, -0.15) is 0 Å². The standard InChI is InChI=1S/C15H27NO3/c1-14(16(2)11-13-3-8-17-12-13)4-6-15(7-5-14)18-9-10-19-15/h13H,3-12H2,1-2H3. The van der Waals surface area contributed by atoms with E-state index in [9.17, 15) is 0 Å². The van der Waals surface area contributed by atoms with Gasteiger partial charge in [0.05, 0.1) is 19.8 Å². The van der Waals surface area contributed by atoms with Crippen molar-refractivity contribution < 1.29 is 14.2 Å². The fourth-order valence-electron chi connectivity index (χ4n) is 3.67. The van der Waals surface area contributed by atoms with E-state index in [4.69, 9.17) is 14.2 Å². The van der Waals surface area contributed by atoms with Gasteiger partial charge in [-0.3, -0.25) is 0 Å². The van der Waals surface area contributed by atoms with Crippen molar-refractivity contribution in [3.05, 3.63) is 0 Å². The molecule has 1 saturated carbocycles. The van der Waals surface area contributed by atoms with Crippen molar-refractivity contribution in [2.75, 3.05) is 40.0 Å². The van der Waals surface area contributed by atoms with Gasteiger partial charge in [-0.1, -0.05) is 0 Å². The average Bonchev–Trinajstić information content (AvgIpc) is 3.06. The second-order valence-corrected chi connectivity index (χ2v) is 6.71. The molecule has 2 saturated heterocycles. The van der Waals surface area contributed by atoms with Crippen molar-refractivity contribution >= 4 is 0 Å². The van der Waals surface area contributed by atoms with E-state index in [1.54, 1.807) is 0 Å². The van der Waals surface area contributed by atoms with E-state index in [2.05, 4.69) is 18.9 Å². The van der Waals surface area contributed by atoms with Gasteiger partial charge in [-0.15, -0.1) is 0 Å². The Bertz CT molecular complexity index is 299. The zero-order chi connectivity index (χ0) is 13.3. The molecule has 0 aromatic heterocycles. The Balaban J connectivity index is 1.54. The molecule has 3 fully saturated rings. The third kappa shape index (κ3) is 2.82. The molecule has 1 atom stereocenters. The molecule has 3 aliphatic rings. The highest BCUT2D eigenvalue weighted by atomic mass is 16.7. The Morgan fingerprint density at radius 1 is 1.05 bits per heavy atom. The van der Waals surface area contributed by atoms with Crippen molar-refractivity contribution in [3.8, 4) is 0 Å². The number of rotatable bonds is 3. The Morgan fingerprint density at radius 2 is 1.74 bits per heavy atom. The van der Waals surface area contributed by atoms with Gasteiger partial charge in [0, 0.05) is 31.5 Å². The van der Waals surface area contributed by atoms with Crippen molar-refractivity contribution in [2.24, 2.45) is 5.92 Å². The third-order valence-corrected chi connectivity index (χ3v) is 5.38. The summed E-state index contributed by atoms with van der Waals surface area (Å²) in [5.41, 5.74) is 0.295. The maximum Gasteiger partial charge on any atom is 0.168 e. The van der Waals surface area contributed by atoms with Crippen LogP contribution in [-0.4, -0.2) is 56.2 Å². The van der Waals surface area contributed by atoms with E-state index in [1.807, 2.05) is 0 Å². The first kappa shape index (κ1) is 13.8. The van der Waals surface area contributed by atoms with E-state index in [0.717, 1.165) is 64.6 Å². The lowest BCUT2D eigenvalue weighted by Crippen LogP contribution is -2.52. The molecule has 1 unspecified atom stereocenters. The van der Waals surface area contributed by atoms with Crippen LogP contribution in [0.5, 0.6) is 0 Å². The Morgan fingerprint density at radius 3 is 2.32 bits per heavy atom. The van der Waals surface area contributed by atoms with Crippen LogP contribution in [-0.2, 0) is 14.2 Å². The number of hydrogen-bond acceptors (Lipinski definition) is 4. The van der Waals surface area contributed by atoms with Crippen LogP contribution in [0.2, 0.25) is 0 Å². The summed E-state index contributed by atoms with van der Waals surface area (Å²) in [6, 6.07) is 0. The second kappa shape index (κ2) is 5.32. The third-order valence-electron chi connectivity index (χ3n) is 5.38. The summed E-state index contributed by atoms with van der Waals surface area (Å²) in [5, 5.41) is 0. The highest BCUT2D eigenvalue weighted by Crippen LogP contribution is 2.42. The van der Waals surface area contributed by atoms with Gasteiger partial charge < -0.3 is 19.1 Å². The smallest absolute Gasteiger partial charge is 0.168 e. The van der Waals surface area contributed by atoms with Crippen LogP contribution in [0, 0.1) is 5.92 Å². The normalized spacial score (nSPS) is 33.3. The molecule has 0 aromatic rings. The summed E-state index contributed by atoms with van der Waals surface area (Å²) < 4.78 is 17.1. The first-order chi connectivity index (χ1) is 9.12. The molecule has 4 heteroatoms. The summed E-state index contributed by atoms with van der Waals surface area (Å²) in [6.45, 7) is 6.98. The second-order valence-electron chi connectivity index (χ2n) is 6.71. The van der Waals surface area contributed by atoms with E-state index in [1.165, 1.54) is 6.42 Å². The van der Waals surface area contributed by atoms with Crippen molar-refractivity contribution in [1.82, 2.24) is 4.90 Å². The molecule has 0 aromatic carbocycles.